The highest BCUT2D eigenvalue weighted by atomic mass is 127. The fourth-order valence-corrected chi connectivity index (χ4v) is 1.61. The highest BCUT2D eigenvalue weighted by Gasteiger charge is 2.29. The van der Waals surface area contributed by atoms with Crippen LogP contribution in [0.3, 0.4) is 0 Å². The summed E-state index contributed by atoms with van der Waals surface area (Å²) in [5, 5.41) is 4.77. The Labute approximate surface area is 110 Å². The van der Waals surface area contributed by atoms with Gasteiger partial charge in [-0.3, -0.25) is 10.1 Å². The number of amides is 3. The lowest BCUT2D eigenvalue weighted by atomic mass is 10.1. The molecule has 5 nitrogen and oxygen atoms in total. The minimum absolute atomic E-state index is 0. The van der Waals surface area contributed by atoms with Gasteiger partial charge in [0.05, 0.1) is 0 Å². The Balaban J connectivity index is 0.00000128. The van der Waals surface area contributed by atoms with Crippen LogP contribution in [0.15, 0.2) is 24.5 Å². The van der Waals surface area contributed by atoms with Crippen molar-refractivity contribution in [3.8, 4) is 0 Å². The van der Waals surface area contributed by atoms with Crippen molar-refractivity contribution in [3.63, 3.8) is 0 Å². The number of aryl methyl sites for hydroxylation is 1. The van der Waals surface area contributed by atoms with Gasteiger partial charge in [0, 0.05) is 18.1 Å². The van der Waals surface area contributed by atoms with Gasteiger partial charge in [-0.15, -0.1) is 0 Å². The van der Waals surface area contributed by atoms with Crippen molar-refractivity contribution >= 4 is 11.9 Å². The Hall–Kier alpha value is -1.18. The van der Waals surface area contributed by atoms with E-state index < -0.39 is 12.1 Å². The second kappa shape index (κ2) is 5.24. The van der Waals surface area contributed by atoms with Crippen LogP contribution < -0.4 is 39.2 Å². The molecule has 1 fully saturated rings. The van der Waals surface area contributed by atoms with Crippen LogP contribution in [-0.4, -0.2) is 18.0 Å². The standard InChI is InChI=1S/C10H11N3O2.HI/c1-13-4-2-3-7(6-13)5-8-9(14)12-10(15)11-8;/h2-4,6,8H,5H2,1H3,(H-,11,12,14,15);1H. The predicted molar refractivity (Wildman–Crippen MR) is 51.8 cm³/mol. The molecule has 2 rings (SSSR count). The second-order valence-corrected chi connectivity index (χ2v) is 3.60. The van der Waals surface area contributed by atoms with Crippen LogP contribution in [0.5, 0.6) is 0 Å². The maximum atomic E-state index is 11.3. The third-order valence-corrected chi connectivity index (χ3v) is 2.30. The van der Waals surface area contributed by atoms with Crippen molar-refractivity contribution < 1.29 is 38.1 Å². The Bertz CT molecular complexity index is 422. The van der Waals surface area contributed by atoms with Gasteiger partial charge in [0.1, 0.15) is 13.1 Å². The normalized spacial score (nSPS) is 18.7. The summed E-state index contributed by atoms with van der Waals surface area (Å²) in [5.41, 5.74) is 1.02. The molecule has 0 spiro atoms. The Morgan fingerprint density at radius 2 is 2.19 bits per heavy atom. The zero-order valence-corrected chi connectivity index (χ0v) is 10.9. The van der Waals surface area contributed by atoms with E-state index in [0.29, 0.717) is 6.42 Å². The number of carbonyl (C=O) groups excluding carboxylic acids is 2. The van der Waals surface area contributed by atoms with Crippen molar-refractivity contribution in [2.24, 2.45) is 7.05 Å². The molecule has 1 aliphatic heterocycles. The minimum atomic E-state index is -0.445. The van der Waals surface area contributed by atoms with Gasteiger partial charge < -0.3 is 29.3 Å². The monoisotopic (exact) mass is 333 g/mol. The van der Waals surface area contributed by atoms with Crippen LogP contribution in [0.4, 0.5) is 4.79 Å². The minimum Gasteiger partial charge on any atom is -1.00 e. The molecule has 1 aliphatic rings. The number of rotatable bonds is 2. The molecule has 0 aromatic carbocycles. The van der Waals surface area contributed by atoms with E-state index in [1.807, 2.05) is 36.1 Å². The van der Waals surface area contributed by atoms with Gasteiger partial charge in [0.15, 0.2) is 12.4 Å². The van der Waals surface area contributed by atoms with E-state index in [1.54, 1.807) is 0 Å². The first-order valence-electron chi connectivity index (χ1n) is 4.71. The second-order valence-electron chi connectivity index (χ2n) is 3.60. The van der Waals surface area contributed by atoms with Crippen molar-refractivity contribution in [2.75, 3.05) is 0 Å². The molecule has 0 saturated carbocycles. The van der Waals surface area contributed by atoms with Crippen LogP contribution in [0.25, 0.3) is 0 Å². The lowest BCUT2D eigenvalue weighted by Crippen LogP contribution is -3.00. The van der Waals surface area contributed by atoms with Crippen LogP contribution >= 0.6 is 0 Å². The molecular formula is C10H12IN3O2. The van der Waals surface area contributed by atoms with Gasteiger partial charge in [-0.1, -0.05) is 0 Å². The molecule has 2 N–H and O–H groups in total. The Morgan fingerprint density at radius 3 is 2.75 bits per heavy atom. The predicted octanol–water partition coefficient (Wildman–Crippen LogP) is -3.73. The smallest absolute Gasteiger partial charge is 0.322 e. The topological polar surface area (TPSA) is 62.1 Å². The van der Waals surface area contributed by atoms with Crippen LogP contribution in [0, 0.1) is 0 Å². The highest BCUT2D eigenvalue weighted by molar-refractivity contribution is 6.04. The van der Waals surface area contributed by atoms with E-state index in [2.05, 4.69) is 10.6 Å². The third-order valence-electron chi connectivity index (χ3n) is 2.30. The summed E-state index contributed by atoms with van der Waals surface area (Å²) in [6.45, 7) is 0. The van der Waals surface area contributed by atoms with Crippen LogP contribution in [0.2, 0.25) is 0 Å². The average Bonchev–Trinajstić information content (AvgIpc) is 2.45. The average molecular weight is 333 g/mol. The first-order valence-corrected chi connectivity index (χ1v) is 4.71. The molecule has 1 saturated heterocycles. The number of nitrogens with zero attached hydrogens (tertiary/aromatic N) is 1. The molecule has 16 heavy (non-hydrogen) atoms. The number of hydrogen-bond acceptors (Lipinski definition) is 2. The lowest BCUT2D eigenvalue weighted by molar-refractivity contribution is -0.671. The van der Waals surface area contributed by atoms with Crippen molar-refractivity contribution in [3.05, 3.63) is 30.1 Å². The first kappa shape index (κ1) is 12.9. The summed E-state index contributed by atoms with van der Waals surface area (Å²) >= 11 is 0. The summed E-state index contributed by atoms with van der Waals surface area (Å²) in [5.74, 6) is -0.258. The van der Waals surface area contributed by atoms with Crippen molar-refractivity contribution in [2.45, 2.75) is 12.5 Å². The van der Waals surface area contributed by atoms with Crippen molar-refractivity contribution in [1.82, 2.24) is 10.6 Å². The number of halogens is 1. The number of nitrogens with one attached hydrogen (secondary N) is 2. The van der Waals surface area contributed by atoms with E-state index in [4.69, 9.17) is 0 Å². The highest BCUT2D eigenvalue weighted by Crippen LogP contribution is 2.03. The summed E-state index contributed by atoms with van der Waals surface area (Å²) in [6.07, 6.45) is 4.36. The first-order chi connectivity index (χ1) is 7.15. The zero-order chi connectivity index (χ0) is 10.8. The molecule has 1 aromatic rings. The molecule has 1 aromatic heterocycles. The molecule has 0 radical (unpaired) electrons. The van der Waals surface area contributed by atoms with E-state index >= 15 is 0 Å². The Morgan fingerprint density at radius 1 is 1.44 bits per heavy atom. The molecule has 6 heteroatoms. The molecule has 0 bridgehead atoms. The molecule has 1 atom stereocenters. The fourth-order valence-electron chi connectivity index (χ4n) is 1.61. The summed E-state index contributed by atoms with van der Waals surface area (Å²) in [6, 6.07) is 2.98. The van der Waals surface area contributed by atoms with E-state index in [1.165, 1.54) is 0 Å². The van der Waals surface area contributed by atoms with Gasteiger partial charge >= 0.3 is 6.03 Å². The molecule has 3 amide bonds. The maximum absolute atomic E-state index is 11.3. The van der Waals surface area contributed by atoms with E-state index in [9.17, 15) is 9.59 Å². The molecule has 0 aliphatic carbocycles. The molecule has 1 unspecified atom stereocenters. The molecular weight excluding hydrogens is 321 g/mol. The summed E-state index contributed by atoms with van der Waals surface area (Å²) in [4.78, 5) is 22.1. The van der Waals surface area contributed by atoms with Gasteiger partial charge in [-0.05, 0) is 6.07 Å². The quantitative estimate of drug-likeness (QED) is 0.332. The van der Waals surface area contributed by atoms with Gasteiger partial charge in [-0.25, -0.2) is 9.36 Å². The summed E-state index contributed by atoms with van der Waals surface area (Å²) < 4.78 is 1.91. The largest absolute Gasteiger partial charge is 1.00 e. The van der Waals surface area contributed by atoms with Crippen molar-refractivity contribution in [1.29, 1.82) is 0 Å². The van der Waals surface area contributed by atoms with Gasteiger partial charge in [0.2, 0.25) is 0 Å². The molecule has 2 heterocycles. The van der Waals surface area contributed by atoms with Crippen LogP contribution in [0.1, 0.15) is 5.56 Å². The number of carbonyl (C=O) groups is 2. The third kappa shape index (κ3) is 2.91. The number of hydrogen-bond donors (Lipinski definition) is 2. The van der Waals surface area contributed by atoms with Gasteiger partial charge in [-0.2, -0.15) is 0 Å². The van der Waals surface area contributed by atoms with Crippen LogP contribution in [-0.2, 0) is 18.3 Å². The zero-order valence-electron chi connectivity index (χ0n) is 8.74. The fraction of sp³-hybridized carbons (Fsp3) is 0.300. The maximum Gasteiger partial charge on any atom is 0.322 e. The SMILES string of the molecule is C[n+]1cccc(CC2NC(=O)NC2=O)c1.[I-]. The van der Waals surface area contributed by atoms with E-state index in [0.717, 1.165) is 5.56 Å². The summed E-state index contributed by atoms with van der Waals surface area (Å²) in [7, 11) is 1.91. The van der Waals surface area contributed by atoms with Gasteiger partial charge in [0.25, 0.3) is 5.91 Å². The number of urea groups is 1. The number of imide groups is 1. The number of aromatic nitrogens is 1. The number of pyridine rings is 1. The lowest BCUT2D eigenvalue weighted by Gasteiger charge is -2.05. The van der Waals surface area contributed by atoms with E-state index in [-0.39, 0.29) is 29.9 Å². The molecule has 86 valence electrons. The Kier molecular flexibility index (Phi) is 4.22.